The lowest BCUT2D eigenvalue weighted by Crippen LogP contribution is -2.29. The zero-order valence-electron chi connectivity index (χ0n) is 11.5. The Hall–Kier alpha value is -2.31. The number of amides is 1. The number of aromatic nitrogens is 1. The number of rotatable bonds is 4. The fraction of sp³-hybridized carbons (Fsp3) is 0.133. The number of methoxy groups -OCH3 is 1. The largest absolute Gasteiger partial charge is 0.497 e. The van der Waals surface area contributed by atoms with E-state index in [0.29, 0.717) is 4.88 Å². The smallest absolute Gasteiger partial charge is 0.275 e. The van der Waals surface area contributed by atoms with Gasteiger partial charge in [0.05, 0.1) is 18.5 Å². The van der Waals surface area contributed by atoms with Crippen LogP contribution in [-0.4, -0.2) is 17.6 Å². The summed E-state index contributed by atoms with van der Waals surface area (Å²) in [7, 11) is 1.66. The molecule has 0 atom stereocenters. The van der Waals surface area contributed by atoms with Crippen LogP contribution in [0.15, 0.2) is 42.6 Å². The predicted octanol–water partition coefficient (Wildman–Crippen LogP) is 2.36. The fourth-order valence-electron chi connectivity index (χ4n) is 2.27. The Kier molecular flexibility index (Phi) is 3.64. The zero-order valence-corrected chi connectivity index (χ0v) is 12.3. The summed E-state index contributed by atoms with van der Waals surface area (Å²) in [6.07, 6.45) is 2.03. The van der Waals surface area contributed by atoms with E-state index in [9.17, 15) is 4.79 Å². The quantitative estimate of drug-likeness (QED) is 0.441. The van der Waals surface area contributed by atoms with Gasteiger partial charge in [-0.2, -0.15) is 0 Å². The third-order valence-electron chi connectivity index (χ3n) is 3.32. The Morgan fingerprint density at radius 3 is 2.95 bits per heavy atom. The summed E-state index contributed by atoms with van der Waals surface area (Å²) in [5.74, 6) is 5.73. The van der Waals surface area contributed by atoms with Gasteiger partial charge in [0.1, 0.15) is 5.75 Å². The summed E-state index contributed by atoms with van der Waals surface area (Å²) < 4.78 is 7.37. The lowest BCUT2D eigenvalue weighted by atomic mass is 10.2. The number of hydrogen-bond acceptors (Lipinski definition) is 4. The van der Waals surface area contributed by atoms with E-state index >= 15 is 0 Å². The topological polar surface area (TPSA) is 69.3 Å². The summed E-state index contributed by atoms with van der Waals surface area (Å²) in [5.41, 5.74) is 3.28. The first-order valence-electron chi connectivity index (χ1n) is 6.44. The third-order valence-corrected chi connectivity index (χ3v) is 4.39. The van der Waals surface area contributed by atoms with Gasteiger partial charge >= 0.3 is 0 Å². The van der Waals surface area contributed by atoms with Gasteiger partial charge < -0.3 is 9.30 Å². The van der Waals surface area contributed by atoms with Crippen LogP contribution in [0.25, 0.3) is 10.9 Å². The predicted molar refractivity (Wildman–Crippen MR) is 83.6 cm³/mol. The molecule has 3 N–H and O–H groups in total. The number of nitrogens with two attached hydrogens (primary N) is 1. The average Bonchev–Trinajstić information content (AvgIpc) is 3.14. The Bertz CT molecular complexity index is 791. The number of hydrogen-bond donors (Lipinski definition) is 2. The monoisotopic (exact) mass is 301 g/mol. The number of nitrogens with one attached hydrogen (secondary N) is 1. The highest BCUT2D eigenvalue weighted by molar-refractivity contribution is 7.14. The molecule has 1 aromatic carbocycles. The molecule has 0 saturated carbocycles. The molecule has 2 aromatic heterocycles. The normalized spacial score (nSPS) is 10.8. The Balaban J connectivity index is 1.88. The average molecular weight is 301 g/mol. The molecule has 3 rings (SSSR count). The second-order valence-electron chi connectivity index (χ2n) is 4.61. The molecule has 0 aliphatic carbocycles. The molecule has 21 heavy (non-hydrogen) atoms. The molecule has 1 amide bonds. The van der Waals surface area contributed by atoms with Gasteiger partial charge in [-0.1, -0.05) is 0 Å². The van der Waals surface area contributed by atoms with E-state index in [-0.39, 0.29) is 5.91 Å². The maximum atomic E-state index is 11.5. The van der Waals surface area contributed by atoms with Crippen molar-refractivity contribution in [3.8, 4) is 5.75 Å². The second-order valence-corrected chi connectivity index (χ2v) is 5.78. The molecule has 0 bridgehead atoms. The second kappa shape index (κ2) is 5.59. The van der Waals surface area contributed by atoms with Gasteiger partial charge in [-0.3, -0.25) is 10.2 Å². The van der Waals surface area contributed by atoms with Crippen molar-refractivity contribution in [1.29, 1.82) is 0 Å². The van der Waals surface area contributed by atoms with Crippen molar-refractivity contribution in [2.24, 2.45) is 5.84 Å². The van der Waals surface area contributed by atoms with Crippen LogP contribution in [0.1, 0.15) is 14.5 Å². The van der Waals surface area contributed by atoms with Gasteiger partial charge in [0.2, 0.25) is 0 Å². The van der Waals surface area contributed by atoms with Crippen molar-refractivity contribution in [1.82, 2.24) is 9.99 Å². The van der Waals surface area contributed by atoms with E-state index in [2.05, 4.69) is 16.1 Å². The van der Waals surface area contributed by atoms with Crippen molar-refractivity contribution in [2.45, 2.75) is 6.54 Å². The summed E-state index contributed by atoms with van der Waals surface area (Å²) in [5, 5.41) is 1.13. The number of thiophene rings is 1. The van der Waals surface area contributed by atoms with Gasteiger partial charge in [-0.05, 0) is 36.4 Å². The van der Waals surface area contributed by atoms with Crippen LogP contribution in [0.5, 0.6) is 5.75 Å². The number of ether oxygens (including phenoxy) is 1. The van der Waals surface area contributed by atoms with E-state index in [1.54, 1.807) is 13.2 Å². The lowest BCUT2D eigenvalue weighted by Gasteiger charge is -2.04. The fourth-order valence-corrected chi connectivity index (χ4v) is 3.18. The standard InChI is InChI=1S/C15H15N3O2S/c1-20-11-2-4-13-10(8-11)6-7-18(13)9-12-3-5-14(21-12)15(19)17-16/h2-8H,9,16H2,1H3,(H,17,19). The highest BCUT2D eigenvalue weighted by Gasteiger charge is 2.09. The van der Waals surface area contributed by atoms with Crippen LogP contribution >= 0.6 is 11.3 Å². The van der Waals surface area contributed by atoms with Gasteiger partial charge in [0.15, 0.2) is 0 Å². The molecule has 0 saturated heterocycles. The van der Waals surface area contributed by atoms with Gasteiger partial charge in [-0.15, -0.1) is 11.3 Å². The minimum absolute atomic E-state index is 0.256. The number of nitrogen functional groups attached to an aromatic ring is 1. The molecule has 0 unspecified atom stereocenters. The molecule has 108 valence electrons. The van der Waals surface area contributed by atoms with Crippen LogP contribution in [0, 0.1) is 0 Å². The van der Waals surface area contributed by atoms with E-state index in [1.807, 2.05) is 30.5 Å². The van der Waals surface area contributed by atoms with Crippen LogP contribution in [0.4, 0.5) is 0 Å². The van der Waals surface area contributed by atoms with Crippen molar-refractivity contribution in [2.75, 3.05) is 7.11 Å². The maximum absolute atomic E-state index is 11.5. The number of fused-ring (bicyclic) bond motifs is 1. The molecule has 0 radical (unpaired) electrons. The summed E-state index contributed by atoms with van der Waals surface area (Å²) in [6, 6.07) is 11.8. The van der Waals surface area contributed by atoms with Crippen LogP contribution in [0.3, 0.4) is 0 Å². The first-order valence-corrected chi connectivity index (χ1v) is 7.25. The van der Waals surface area contributed by atoms with Gasteiger partial charge in [-0.25, -0.2) is 5.84 Å². The van der Waals surface area contributed by atoms with Crippen LogP contribution in [-0.2, 0) is 6.54 Å². The number of benzene rings is 1. The Labute approximate surface area is 125 Å². The molecular weight excluding hydrogens is 286 g/mol. The number of carbonyl (C=O) groups is 1. The molecule has 0 aliphatic heterocycles. The zero-order chi connectivity index (χ0) is 14.8. The molecule has 5 nitrogen and oxygen atoms in total. The minimum atomic E-state index is -0.256. The third kappa shape index (κ3) is 2.63. The van der Waals surface area contributed by atoms with Crippen molar-refractivity contribution in [3.05, 3.63) is 52.3 Å². The summed E-state index contributed by atoms with van der Waals surface area (Å²) >= 11 is 1.44. The van der Waals surface area contributed by atoms with E-state index in [1.165, 1.54) is 11.3 Å². The molecule has 0 aliphatic rings. The molecule has 0 spiro atoms. The summed E-state index contributed by atoms with van der Waals surface area (Å²) in [4.78, 5) is 13.2. The molecule has 2 heterocycles. The molecular formula is C15H15N3O2S. The number of carbonyl (C=O) groups excluding carboxylic acids is 1. The minimum Gasteiger partial charge on any atom is -0.497 e. The molecule has 6 heteroatoms. The highest BCUT2D eigenvalue weighted by atomic mass is 32.1. The SMILES string of the molecule is COc1ccc2c(ccn2Cc2ccc(C(=O)NN)s2)c1. The van der Waals surface area contributed by atoms with E-state index in [4.69, 9.17) is 10.6 Å². The Morgan fingerprint density at radius 1 is 1.33 bits per heavy atom. The maximum Gasteiger partial charge on any atom is 0.275 e. The van der Waals surface area contributed by atoms with Crippen molar-refractivity contribution < 1.29 is 9.53 Å². The van der Waals surface area contributed by atoms with Gasteiger partial charge in [0.25, 0.3) is 5.91 Å². The van der Waals surface area contributed by atoms with E-state index < -0.39 is 0 Å². The first-order chi connectivity index (χ1) is 10.2. The lowest BCUT2D eigenvalue weighted by molar-refractivity contribution is 0.0957. The Morgan fingerprint density at radius 2 is 2.19 bits per heavy atom. The number of hydrazine groups is 1. The van der Waals surface area contributed by atoms with Crippen LogP contribution in [0.2, 0.25) is 0 Å². The van der Waals surface area contributed by atoms with Gasteiger partial charge in [0, 0.05) is 22.0 Å². The van der Waals surface area contributed by atoms with E-state index in [0.717, 1.165) is 28.1 Å². The van der Waals surface area contributed by atoms with Crippen molar-refractivity contribution in [3.63, 3.8) is 0 Å². The van der Waals surface area contributed by atoms with Crippen LogP contribution < -0.4 is 16.0 Å². The number of nitrogens with zero attached hydrogens (tertiary/aromatic N) is 1. The highest BCUT2D eigenvalue weighted by Crippen LogP contribution is 2.24. The van der Waals surface area contributed by atoms with Crippen molar-refractivity contribution >= 4 is 28.1 Å². The molecule has 3 aromatic rings. The first kappa shape index (κ1) is 13.7. The molecule has 0 fully saturated rings. The summed E-state index contributed by atoms with van der Waals surface area (Å²) in [6.45, 7) is 0.721.